The van der Waals surface area contributed by atoms with E-state index in [1.165, 1.54) is 21.6 Å². The Morgan fingerprint density at radius 1 is 1.26 bits per heavy atom. The molecule has 31 heavy (non-hydrogen) atoms. The predicted molar refractivity (Wildman–Crippen MR) is 115 cm³/mol. The first-order chi connectivity index (χ1) is 14.6. The summed E-state index contributed by atoms with van der Waals surface area (Å²) in [5, 5.41) is 0. The quantitative estimate of drug-likeness (QED) is 0.637. The van der Waals surface area contributed by atoms with E-state index in [0.717, 1.165) is 5.69 Å². The van der Waals surface area contributed by atoms with Crippen molar-refractivity contribution in [2.45, 2.75) is 33.2 Å². The Morgan fingerprint density at radius 3 is 2.45 bits per heavy atom. The summed E-state index contributed by atoms with van der Waals surface area (Å²) in [5.41, 5.74) is 1.29. The van der Waals surface area contributed by atoms with E-state index in [9.17, 15) is 22.8 Å². The van der Waals surface area contributed by atoms with Crippen molar-refractivity contribution < 1.29 is 22.7 Å². The van der Waals surface area contributed by atoms with Crippen LogP contribution in [0, 0.1) is 12.8 Å². The lowest BCUT2D eigenvalue weighted by Crippen LogP contribution is -2.45. The van der Waals surface area contributed by atoms with Crippen molar-refractivity contribution in [2.75, 3.05) is 24.7 Å². The van der Waals surface area contributed by atoms with Gasteiger partial charge in [-0.05, 0) is 43.5 Å². The number of carbonyl (C=O) groups excluding carboxylic acids is 2. The van der Waals surface area contributed by atoms with Crippen LogP contribution < -0.4 is 5.69 Å². The number of carbonyl (C=O) groups is 2. The Morgan fingerprint density at radius 2 is 1.94 bits per heavy atom. The Labute approximate surface area is 180 Å². The number of hydrogen-bond acceptors (Lipinski definition) is 6. The zero-order valence-corrected chi connectivity index (χ0v) is 18.6. The van der Waals surface area contributed by atoms with Crippen molar-refractivity contribution in [3.05, 3.63) is 52.2 Å². The maximum absolute atomic E-state index is 12.7. The van der Waals surface area contributed by atoms with Gasteiger partial charge in [0, 0.05) is 24.5 Å². The second-order valence-corrected chi connectivity index (χ2v) is 10.4. The average Bonchev–Trinajstić information content (AvgIpc) is 3.24. The second-order valence-electron chi connectivity index (χ2n) is 8.19. The van der Waals surface area contributed by atoms with Crippen molar-refractivity contribution in [2.24, 2.45) is 5.92 Å². The highest BCUT2D eigenvalue weighted by Gasteiger charge is 2.35. The van der Waals surface area contributed by atoms with Crippen molar-refractivity contribution in [1.29, 1.82) is 0 Å². The van der Waals surface area contributed by atoms with Crippen LogP contribution in [0.15, 0.2) is 35.3 Å². The highest BCUT2D eigenvalue weighted by atomic mass is 32.2. The molecule has 168 valence electrons. The number of esters is 1. The van der Waals surface area contributed by atoms with E-state index in [1.807, 2.05) is 13.8 Å². The van der Waals surface area contributed by atoms with E-state index in [0.29, 0.717) is 18.7 Å². The fourth-order valence-electron chi connectivity index (χ4n) is 3.69. The van der Waals surface area contributed by atoms with Crippen molar-refractivity contribution in [3.63, 3.8) is 0 Å². The monoisotopic (exact) mass is 449 g/mol. The second kappa shape index (κ2) is 9.09. The highest BCUT2D eigenvalue weighted by molar-refractivity contribution is 7.91. The Bertz CT molecular complexity index is 1110. The normalized spacial score (nSPS) is 17.6. The minimum Gasteiger partial charge on any atom is -0.452 e. The number of nitrogens with zero attached hydrogens (tertiary/aromatic N) is 2. The van der Waals surface area contributed by atoms with Gasteiger partial charge in [-0.3, -0.25) is 9.36 Å². The van der Waals surface area contributed by atoms with E-state index in [-0.39, 0.29) is 34.7 Å². The molecule has 2 aromatic rings. The van der Waals surface area contributed by atoms with Gasteiger partial charge in [-0.25, -0.2) is 18.0 Å². The van der Waals surface area contributed by atoms with E-state index in [4.69, 9.17) is 4.74 Å². The summed E-state index contributed by atoms with van der Waals surface area (Å²) in [6.45, 7) is 5.60. The molecule has 0 radical (unpaired) electrons. The van der Waals surface area contributed by atoms with E-state index < -0.39 is 28.3 Å². The molecule has 1 saturated heterocycles. The highest BCUT2D eigenvalue weighted by Crippen LogP contribution is 2.19. The zero-order chi connectivity index (χ0) is 22.8. The lowest BCUT2D eigenvalue weighted by Gasteiger charge is -2.29. The molecule has 1 amide bonds. The van der Waals surface area contributed by atoms with Gasteiger partial charge >= 0.3 is 11.7 Å². The molecular formula is C21H27N3O6S. The Kier molecular flexibility index (Phi) is 6.68. The number of rotatable bonds is 7. The van der Waals surface area contributed by atoms with Crippen LogP contribution in [-0.2, 0) is 19.4 Å². The molecule has 1 atom stereocenters. The van der Waals surface area contributed by atoms with Gasteiger partial charge in [0.2, 0.25) is 0 Å². The molecular weight excluding hydrogens is 422 g/mol. The third-order valence-electron chi connectivity index (χ3n) is 5.18. The molecule has 1 unspecified atom stereocenters. The zero-order valence-electron chi connectivity index (χ0n) is 17.8. The summed E-state index contributed by atoms with van der Waals surface area (Å²) in [6.07, 6.45) is 1.99. The number of benzene rings is 1. The number of sulfone groups is 1. The number of aryl methyl sites for hydroxylation is 1. The summed E-state index contributed by atoms with van der Waals surface area (Å²) in [6, 6.07) is 5.90. The molecule has 9 nitrogen and oxygen atoms in total. The number of H-pyrrole nitrogens is 1. The lowest BCUT2D eigenvalue weighted by molar-refractivity contribution is -0.137. The van der Waals surface area contributed by atoms with E-state index in [1.54, 1.807) is 25.3 Å². The number of hydrogen-bond donors (Lipinski definition) is 1. The summed E-state index contributed by atoms with van der Waals surface area (Å²) in [7, 11) is -3.14. The summed E-state index contributed by atoms with van der Waals surface area (Å²) in [4.78, 5) is 41.1. The summed E-state index contributed by atoms with van der Waals surface area (Å²) >= 11 is 0. The SMILES string of the molecule is Cc1c[nH]c(=O)n1-c1ccc(C(=O)OCC(=O)N(CC(C)C)C2CCS(=O)(=O)C2)cc1. The van der Waals surface area contributed by atoms with Crippen LogP contribution in [0.5, 0.6) is 0 Å². The number of amides is 1. The first kappa shape index (κ1) is 22.8. The van der Waals surface area contributed by atoms with E-state index >= 15 is 0 Å². The molecule has 0 bridgehead atoms. The molecule has 1 aliphatic rings. The maximum Gasteiger partial charge on any atom is 0.338 e. The molecule has 1 aliphatic heterocycles. The van der Waals surface area contributed by atoms with Crippen LogP contribution in [0.4, 0.5) is 0 Å². The molecule has 0 spiro atoms. The number of aromatic nitrogens is 2. The van der Waals surface area contributed by atoms with Crippen molar-refractivity contribution in [3.8, 4) is 5.69 Å². The van der Waals surface area contributed by atoms with Gasteiger partial charge < -0.3 is 14.6 Å². The minimum absolute atomic E-state index is 0.0567. The molecule has 1 aromatic carbocycles. The molecule has 10 heteroatoms. The standard InChI is InChI=1S/C21H27N3O6S/c1-14(2)11-23(18-8-9-31(28,29)13-18)19(25)12-30-20(26)16-4-6-17(7-5-16)24-15(3)10-22-21(24)27/h4-7,10,14,18H,8-9,11-13H2,1-3H3,(H,22,27). The fourth-order valence-corrected chi connectivity index (χ4v) is 5.42. The van der Waals surface area contributed by atoms with Crippen molar-refractivity contribution >= 4 is 21.7 Å². The van der Waals surface area contributed by atoms with Gasteiger partial charge in [0.15, 0.2) is 16.4 Å². The third-order valence-corrected chi connectivity index (χ3v) is 6.93. The number of aromatic amines is 1. The average molecular weight is 450 g/mol. The Balaban J connectivity index is 1.64. The van der Waals surface area contributed by atoms with E-state index in [2.05, 4.69) is 4.98 Å². The fraction of sp³-hybridized carbons (Fsp3) is 0.476. The van der Waals surface area contributed by atoms with Gasteiger partial charge in [-0.1, -0.05) is 13.8 Å². The van der Waals surface area contributed by atoms with Gasteiger partial charge in [0.05, 0.1) is 22.8 Å². The Hall–Kier alpha value is -2.88. The lowest BCUT2D eigenvalue weighted by atomic mass is 10.1. The molecule has 0 saturated carbocycles. The smallest absolute Gasteiger partial charge is 0.338 e. The van der Waals surface area contributed by atoms with Gasteiger partial charge in [-0.15, -0.1) is 0 Å². The summed E-state index contributed by atoms with van der Waals surface area (Å²) in [5.74, 6) is -0.915. The largest absolute Gasteiger partial charge is 0.452 e. The molecule has 1 aromatic heterocycles. The minimum atomic E-state index is -3.14. The maximum atomic E-state index is 12.7. The topological polar surface area (TPSA) is 119 Å². The first-order valence-electron chi connectivity index (χ1n) is 10.1. The van der Waals surface area contributed by atoms with Gasteiger partial charge in [-0.2, -0.15) is 0 Å². The molecule has 3 rings (SSSR count). The van der Waals surface area contributed by atoms with Crippen LogP contribution in [0.1, 0.15) is 36.3 Å². The molecule has 1 fully saturated rings. The van der Waals surface area contributed by atoms with Crippen LogP contribution in [0.3, 0.4) is 0 Å². The van der Waals surface area contributed by atoms with Crippen LogP contribution in [0.2, 0.25) is 0 Å². The summed E-state index contributed by atoms with van der Waals surface area (Å²) < 4.78 is 30.3. The van der Waals surface area contributed by atoms with Crippen LogP contribution in [0.25, 0.3) is 5.69 Å². The van der Waals surface area contributed by atoms with Gasteiger partial charge in [0.25, 0.3) is 5.91 Å². The van der Waals surface area contributed by atoms with Crippen molar-refractivity contribution in [1.82, 2.24) is 14.5 Å². The number of nitrogens with one attached hydrogen (secondary N) is 1. The van der Waals surface area contributed by atoms with Crippen LogP contribution >= 0.6 is 0 Å². The molecule has 0 aliphatic carbocycles. The first-order valence-corrected chi connectivity index (χ1v) is 11.9. The van der Waals surface area contributed by atoms with Gasteiger partial charge in [0.1, 0.15) is 0 Å². The number of ether oxygens (including phenoxy) is 1. The number of imidazole rings is 1. The third kappa shape index (κ3) is 5.43. The molecule has 1 N–H and O–H groups in total. The predicted octanol–water partition coefficient (Wildman–Crippen LogP) is 1.30. The molecule has 2 heterocycles. The van der Waals surface area contributed by atoms with Crippen LogP contribution in [-0.4, -0.2) is 65.4 Å².